The summed E-state index contributed by atoms with van der Waals surface area (Å²) in [5.74, 6) is 0.300. The fourth-order valence-corrected chi connectivity index (χ4v) is 2.72. The molecule has 1 amide bonds. The van der Waals surface area contributed by atoms with Gasteiger partial charge in [-0.15, -0.1) is 0 Å². The quantitative estimate of drug-likeness (QED) is 0.304. The fourth-order valence-electron chi connectivity index (χ4n) is 2.02. The molecular formula is C20H17IN2O2. The number of nitrogens with zero attached hydrogens (tertiary/aromatic N) is 1. The molecule has 4 nitrogen and oxygen atoms in total. The minimum absolute atomic E-state index is 0.0381. The minimum Gasteiger partial charge on any atom is -0.488 e. The number of anilines is 1. The Hall–Kier alpha value is -2.59. The van der Waals surface area contributed by atoms with E-state index in [-0.39, 0.29) is 5.57 Å². The minimum atomic E-state index is -0.437. The van der Waals surface area contributed by atoms with Gasteiger partial charge in [0.15, 0.2) is 0 Å². The van der Waals surface area contributed by atoms with Crippen molar-refractivity contribution >= 4 is 40.3 Å². The first-order valence-corrected chi connectivity index (χ1v) is 8.64. The predicted molar refractivity (Wildman–Crippen MR) is 108 cm³/mol. The molecule has 5 heteroatoms. The van der Waals surface area contributed by atoms with E-state index in [9.17, 15) is 10.1 Å². The summed E-state index contributed by atoms with van der Waals surface area (Å²) in [4.78, 5) is 12.3. The predicted octanol–water partition coefficient (Wildman–Crippen LogP) is 4.71. The van der Waals surface area contributed by atoms with Crippen molar-refractivity contribution in [2.24, 2.45) is 0 Å². The van der Waals surface area contributed by atoms with Gasteiger partial charge in [0.25, 0.3) is 5.91 Å². The Balaban J connectivity index is 2.17. The SMILES string of the molecule is C=CCOc1ccc(/C=C(\C#N)C(=O)Nc2ccc(C)cc2)cc1I. The average molecular weight is 444 g/mol. The topological polar surface area (TPSA) is 62.1 Å². The third-order valence-corrected chi connectivity index (χ3v) is 4.14. The van der Waals surface area contributed by atoms with Gasteiger partial charge in [-0.3, -0.25) is 4.79 Å². The lowest BCUT2D eigenvalue weighted by Crippen LogP contribution is -2.13. The van der Waals surface area contributed by atoms with Gasteiger partial charge in [0.2, 0.25) is 0 Å². The molecule has 126 valence electrons. The van der Waals surface area contributed by atoms with Crippen molar-refractivity contribution in [3.05, 3.63) is 75.4 Å². The first-order chi connectivity index (χ1) is 12.0. The number of nitrogens with one attached hydrogen (secondary N) is 1. The Kier molecular flexibility index (Phi) is 6.78. The van der Waals surface area contributed by atoms with E-state index < -0.39 is 5.91 Å². The second-order valence-electron chi connectivity index (χ2n) is 5.28. The molecule has 2 aromatic carbocycles. The summed E-state index contributed by atoms with van der Waals surface area (Å²) in [7, 11) is 0. The highest BCUT2D eigenvalue weighted by Crippen LogP contribution is 2.23. The summed E-state index contributed by atoms with van der Waals surface area (Å²) in [5, 5.41) is 12.0. The van der Waals surface area contributed by atoms with E-state index in [1.165, 1.54) is 0 Å². The summed E-state index contributed by atoms with van der Waals surface area (Å²) in [5.41, 5.74) is 2.55. The maximum absolute atomic E-state index is 12.3. The van der Waals surface area contributed by atoms with Crippen LogP contribution in [0, 0.1) is 21.8 Å². The van der Waals surface area contributed by atoms with Gasteiger partial charge < -0.3 is 10.1 Å². The van der Waals surface area contributed by atoms with Gasteiger partial charge in [0, 0.05) is 5.69 Å². The molecule has 2 aromatic rings. The van der Waals surface area contributed by atoms with Crippen molar-refractivity contribution in [3.8, 4) is 11.8 Å². The van der Waals surface area contributed by atoms with E-state index in [4.69, 9.17) is 4.74 Å². The Bertz CT molecular complexity index is 849. The number of amides is 1. The van der Waals surface area contributed by atoms with Gasteiger partial charge in [-0.05, 0) is 65.4 Å². The Labute approximate surface area is 161 Å². The highest BCUT2D eigenvalue weighted by molar-refractivity contribution is 14.1. The number of hydrogen-bond acceptors (Lipinski definition) is 3. The molecule has 0 spiro atoms. The van der Waals surface area contributed by atoms with Crippen LogP contribution in [-0.4, -0.2) is 12.5 Å². The molecule has 0 aliphatic rings. The molecule has 1 N–H and O–H groups in total. The van der Waals surface area contributed by atoms with Crippen LogP contribution in [0.3, 0.4) is 0 Å². The fraction of sp³-hybridized carbons (Fsp3) is 0.100. The first-order valence-electron chi connectivity index (χ1n) is 7.56. The van der Waals surface area contributed by atoms with Gasteiger partial charge in [0.05, 0.1) is 3.57 Å². The number of aryl methyl sites for hydroxylation is 1. The van der Waals surface area contributed by atoms with Crippen molar-refractivity contribution in [1.29, 1.82) is 5.26 Å². The van der Waals surface area contributed by atoms with E-state index in [0.717, 1.165) is 20.4 Å². The number of carbonyl (C=O) groups excluding carboxylic acids is 1. The number of hydrogen-bond donors (Lipinski definition) is 1. The molecule has 0 aromatic heterocycles. The number of rotatable bonds is 6. The van der Waals surface area contributed by atoms with Crippen LogP contribution < -0.4 is 10.1 Å². The Morgan fingerprint density at radius 2 is 2.04 bits per heavy atom. The molecule has 0 aliphatic heterocycles. The molecule has 0 saturated carbocycles. The third-order valence-electron chi connectivity index (χ3n) is 3.30. The zero-order valence-electron chi connectivity index (χ0n) is 13.8. The highest BCUT2D eigenvalue weighted by Gasteiger charge is 2.10. The molecule has 2 rings (SSSR count). The second kappa shape index (κ2) is 9.04. The zero-order valence-corrected chi connectivity index (χ0v) is 15.9. The smallest absolute Gasteiger partial charge is 0.266 e. The number of benzene rings is 2. The number of halogens is 1. The van der Waals surface area contributed by atoms with Crippen LogP contribution in [0.4, 0.5) is 5.69 Å². The summed E-state index contributed by atoms with van der Waals surface area (Å²) in [6.45, 7) is 6.01. The average Bonchev–Trinajstić information content (AvgIpc) is 2.60. The van der Waals surface area contributed by atoms with E-state index >= 15 is 0 Å². The molecule has 0 heterocycles. The monoisotopic (exact) mass is 444 g/mol. The maximum Gasteiger partial charge on any atom is 0.266 e. The van der Waals surface area contributed by atoms with Crippen molar-refractivity contribution in [3.63, 3.8) is 0 Å². The second-order valence-corrected chi connectivity index (χ2v) is 6.44. The number of ether oxygens (including phenoxy) is 1. The molecule has 0 fully saturated rings. The van der Waals surface area contributed by atoms with Gasteiger partial charge >= 0.3 is 0 Å². The number of carbonyl (C=O) groups is 1. The van der Waals surface area contributed by atoms with Crippen LogP contribution in [0.5, 0.6) is 5.75 Å². The van der Waals surface area contributed by atoms with Crippen LogP contribution in [0.25, 0.3) is 6.08 Å². The molecule has 0 atom stereocenters. The highest BCUT2D eigenvalue weighted by atomic mass is 127. The van der Waals surface area contributed by atoms with Crippen LogP contribution in [0.1, 0.15) is 11.1 Å². The summed E-state index contributed by atoms with van der Waals surface area (Å²) in [6, 6.07) is 14.8. The van der Waals surface area contributed by atoms with Crippen LogP contribution >= 0.6 is 22.6 Å². The molecular weight excluding hydrogens is 427 g/mol. The van der Waals surface area contributed by atoms with Gasteiger partial charge in [-0.2, -0.15) is 5.26 Å². The van der Waals surface area contributed by atoms with Crippen molar-refractivity contribution in [2.45, 2.75) is 6.92 Å². The van der Waals surface area contributed by atoms with Gasteiger partial charge in [0.1, 0.15) is 24.0 Å². The normalized spacial score (nSPS) is 10.7. The summed E-state index contributed by atoms with van der Waals surface area (Å²) >= 11 is 2.15. The van der Waals surface area contributed by atoms with Crippen LogP contribution in [0.2, 0.25) is 0 Å². The lowest BCUT2D eigenvalue weighted by atomic mass is 10.1. The summed E-state index contributed by atoms with van der Waals surface area (Å²) in [6.07, 6.45) is 3.23. The summed E-state index contributed by atoms with van der Waals surface area (Å²) < 4.78 is 6.41. The lowest BCUT2D eigenvalue weighted by Gasteiger charge is -2.07. The third kappa shape index (κ3) is 5.47. The van der Waals surface area contributed by atoms with E-state index in [0.29, 0.717) is 12.3 Å². The van der Waals surface area contributed by atoms with Crippen molar-refractivity contribution < 1.29 is 9.53 Å². The Morgan fingerprint density at radius 3 is 2.64 bits per heavy atom. The van der Waals surface area contributed by atoms with Crippen LogP contribution in [-0.2, 0) is 4.79 Å². The molecule has 0 aliphatic carbocycles. The lowest BCUT2D eigenvalue weighted by molar-refractivity contribution is -0.112. The molecule has 0 unspecified atom stereocenters. The van der Waals surface area contributed by atoms with Crippen LogP contribution in [0.15, 0.2) is 60.7 Å². The molecule has 0 saturated heterocycles. The van der Waals surface area contributed by atoms with Gasteiger partial charge in [-0.1, -0.05) is 36.4 Å². The van der Waals surface area contributed by atoms with Crippen molar-refractivity contribution in [2.75, 3.05) is 11.9 Å². The first kappa shape index (κ1) is 18.7. The van der Waals surface area contributed by atoms with E-state index in [1.807, 2.05) is 37.3 Å². The van der Waals surface area contributed by atoms with Crippen molar-refractivity contribution in [1.82, 2.24) is 0 Å². The largest absolute Gasteiger partial charge is 0.488 e. The standard InChI is InChI=1S/C20H17IN2O2/c1-3-10-25-19-9-6-15(12-18(19)21)11-16(13-22)20(24)23-17-7-4-14(2)5-8-17/h3-9,11-12H,1,10H2,2H3,(H,23,24)/b16-11+. The molecule has 25 heavy (non-hydrogen) atoms. The number of nitriles is 1. The van der Waals surface area contributed by atoms with E-state index in [2.05, 4.69) is 34.5 Å². The van der Waals surface area contributed by atoms with E-state index in [1.54, 1.807) is 30.4 Å². The zero-order chi connectivity index (χ0) is 18.2. The molecule has 0 radical (unpaired) electrons. The maximum atomic E-state index is 12.3. The molecule has 0 bridgehead atoms. The van der Waals surface area contributed by atoms with Gasteiger partial charge in [-0.25, -0.2) is 0 Å². The Morgan fingerprint density at radius 1 is 1.32 bits per heavy atom.